The molecule has 1 aliphatic heterocycles. The molecule has 3 heteroatoms. The van der Waals surface area contributed by atoms with Crippen LogP contribution in [0.25, 0.3) is 0 Å². The third-order valence-corrected chi connectivity index (χ3v) is 3.95. The molecule has 0 aromatic heterocycles. The van der Waals surface area contributed by atoms with Crippen molar-refractivity contribution >= 4 is 5.69 Å². The SMILES string of the molecule is CC(N)C(c1ccccc1)N1CCCOc2ccccc21. The van der Waals surface area contributed by atoms with E-state index in [1.54, 1.807) is 0 Å². The van der Waals surface area contributed by atoms with Gasteiger partial charge in [0.1, 0.15) is 5.75 Å². The van der Waals surface area contributed by atoms with E-state index >= 15 is 0 Å². The zero-order valence-corrected chi connectivity index (χ0v) is 12.4. The highest BCUT2D eigenvalue weighted by atomic mass is 16.5. The molecule has 0 amide bonds. The summed E-state index contributed by atoms with van der Waals surface area (Å²) in [6, 6.07) is 18.9. The van der Waals surface area contributed by atoms with Crippen LogP contribution in [0.3, 0.4) is 0 Å². The molecule has 3 nitrogen and oxygen atoms in total. The molecular weight excluding hydrogens is 260 g/mol. The van der Waals surface area contributed by atoms with Gasteiger partial charge in [-0.25, -0.2) is 0 Å². The van der Waals surface area contributed by atoms with Crippen molar-refractivity contribution in [3.63, 3.8) is 0 Å². The number of nitrogens with zero attached hydrogens (tertiary/aromatic N) is 1. The fourth-order valence-electron chi connectivity index (χ4n) is 3.06. The average Bonchev–Trinajstić information content (AvgIpc) is 2.71. The fraction of sp³-hybridized carbons (Fsp3) is 0.333. The molecule has 3 rings (SSSR count). The molecule has 2 aromatic carbocycles. The van der Waals surface area contributed by atoms with Gasteiger partial charge < -0.3 is 15.4 Å². The summed E-state index contributed by atoms with van der Waals surface area (Å²) in [5.41, 5.74) is 8.72. The molecule has 0 fully saturated rings. The van der Waals surface area contributed by atoms with E-state index < -0.39 is 0 Å². The lowest BCUT2D eigenvalue weighted by Crippen LogP contribution is -2.40. The summed E-state index contributed by atoms with van der Waals surface area (Å²) in [5.74, 6) is 0.955. The number of rotatable bonds is 3. The Morgan fingerprint density at radius 2 is 1.76 bits per heavy atom. The van der Waals surface area contributed by atoms with E-state index in [-0.39, 0.29) is 12.1 Å². The average molecular weight is 282 g/mol. The summed E-state index contributed by atoms with van der Waals surface area (Å²) in [4.78, 5) is 2.39. The second kappa shape index (κ2) is 6.19. The molecule has 2 aromatic rings. The number of hydrogen-bond acceptors (Lipinski definition) is 3. The van der Waals surface area contributed by atoms with Crippen LogP contribution in [0.5, 0.6) is 5.75 Å². The number of hydrogen-bond donors (Lipinski definition) is 1. The van der Waals surface area contributed by atoms with Crippen molar-refractivity contribution in [1.82, 2.24) is 0 Å². The first-order chi connectivity index (χ1) is 10.3. The lowest BCUT2D eigenvalue weighted by atomic mass is 9.98. The normalized spacial score (nSPS) is 17.3. The third kappa shape index (κ3) is 2.88. The second-order valence-electron chi connectivity index (χ2n) is 5.58. The summed E-state index contributed by atoms with van der Waals surface area (Å²) in [5, 5.41) is 0. The quantitative estimate of drug-likeness (QED) is 0.938. The van der Waals surface area contributed by atoms with E-state index in [9.17, 15) is 0 Å². The number of ether oxygens (including phenoxy) is 1. The molecular formula is C18H22N2O. The Hall–Kier alpha value is -2.00. The molecule has 2 unspecified atom stereocenters. The van der Waals surface area contributed by atoms with Gasteiger partial charge in [-0.05, 0) is 31.0 Å². The van der Waals surface area contributed by atoms with Gasteiger partial charge >= 0.3 is 0 Å². The van der Waals surface area contributed by atoms with Crippen LogP contribution >= 0.6 is 0 Å². The van der Waals surface area contributed by atoms with Gasteiger partial charge in [0.05, 0.1) is 18.3 Å². The minimum atomic E-state index is 0.0403. The van der Waals surface area contributed by atoms with Gasteiger partial charge in [0.2, 0.25) is 0 Å². The van der Waals surface area contributed by atoms with Crippen LogP contribution in [0.15, 0.2) is 54.6 Å². The van der Waals surface area contributed by atoms with Crippen molar-refractivity contribution in [2.24, 2.45) is 5.73 Å². The molecule has 0 radical (unpaired) electrons. The summed E-state index contributed by atoms with van der Waals surface area (Å²) < 4.78 is 5.86. The van der Waals surface area contributed by atoms with Gasteiger partial charge in [0.25, 0.3) is 0 Å². The van der Waals surface area contributed by atoms with E-state index in [2.05, 4.69) is 48.2 Å². The monoisotopic (exact) mass is 282 g/mol. The second-order valence-corrected chi connectivity index (χ2v) is 5.58. The minimum absolute atomic E-state index is 0.0403. The van der Waals surface area contributed by atoms with Gasteiger partial charge in [0.15, 0.2) is 0 Å². The first-order valence-corrected chi connectivity index (χ1v) is 7.56. The third-order valence-electron chi connectivity index (χ3n) is 3.95. The van der Waals surface area contributed by atoms with Crippen LogP contribution in [-0.2, 0) is 0 Å². The highest BCUT2D eigenvalue weighted by Gasteiger charge is 2.27. The van der Waals surface area contributed by atoms with Crippen LogP contribution in [0, 0.1) is 0 Å². The van der Waals surface area contributed by atoms with E-state index in [1.165, 1.54) is 5.56 Å². The Morgan fingerprint density at radius 3 is 2.52 bits per heavy atom. The van der Waals surface area contributed by atoms with E-state index in [1.807, 2.05) is 18.2 Å². The molecule has 21 heavy (non-hydrogen) atoms. The zero-order chi connectivity index (χ0) is 14.7. The van der Waals surface area contributed by atoms with E-state index in [0.717, 1.165) is 31.0 Å². The molecule has 1 heterocycles. The van der Waals surface area contributed by atoms with Gasteiger partial charge in [0, 0.05) is 12.6 Å². The Morgan fingerprint density at radius 1 is 1.05 bits per heavy atom. The maximum absolute atomic E-state index is 6.33. The van der Waals surface area contributed by atoms with Crippen LogP contribution in [-0.4, -0.2) is 19.2 Å². The zero-order valence-electron chi connectivity index (χ0n) is 12.4. The molecule has 110 valence electrons. The van der Waals surface area contributed by atoms with Gasteiger partial charge in [-0.15, -0.1) is 0 Å². The lowest BCUT2D eigenvalue weighted by molar-refractivity contribution is 0.322. The van der Waals surface area contributed by atoms with Crippen molar-refractivity contribution in [1.29, 1.82) is 0 Å². The van der Waals surface area contributed by atoms with Crippen LogP contribution < -0.4 is 15.4 Å². The standard InChI is InChI=1S/C18H22N2O/c1-14(19)18(15-8-3-2-4-9-15)20-12-7-13-21-17-11-6-5-10-16(17)20/h2-6,8-11,14,18H,7,12-13,19H2,1H3. The van der Waals surface area contributed by atoms with E-state index in [4.69, 9.17) is 10.5 Å². The van der Waals surface area contributed by atoms with Crippen molar-refractivity contribution < 1.29 is 4.74 Å². The molecule has 0 saturated heterocycles. The van der Waals surface area contributed by atoms with Crippen molar-refractivity contribution in [3.05, 3.63) is 60.2 Å². The predicted octanol–water partition coefficient (Wildman–Crippen LogP) is 3.36. The topological polar surface area (TPSA) is 38.5 Å². The summed E-state index contributed by atoms with van der Waals surface area (Å²) in [7, 11) is 0. The van der Waals surface area contributed by atoms with Gasteiger partial charge in [-0.1, -0.05) is 42.5 Å². The maximum atomic E-state index is 6.33. The van der Waals surface area contributed by atoms with Crippen molar-refractivity contribution in [2.45, 2.75) is 25.4 Å². The Balaban J connectivity index is 2.03. The van der Waals surface area contributed by atoms with E-state index in [0.29, 0.717) is 0 Å². The molecule has 0 saturated carbocycles. The molecule has 0 aliphatic carbocycles. The molecule has 2 N–H and O–H groups in total. The Bertz CT molecular complexity index is 583. The first kappa shape index (κ1) is 14.0. The Kier molecular flexibility index (Phi) is 4.11. The molecule has 2 atom stereocenters. The van der Waals surface area contributed by atoms with Crippen LogP contribution in [0.4, 0.5) is 5.69 Å². The Labute approximate surface area is 126 Å². The van der Waals surface area contributed by atoms with Crippen molar-refractivity contribution in [3.8, 4) is 5.75 Å². The molecule has 1 aliphatic rings. The number of anilines is 1. The lowest BCUT2D eigenvalue weighted by Gasteiger charge is -2.36. The number of benzene rings is 2. The number of para-hydroxylation sites is 2. The molecule has 0 bridgehead atoms. The maximum Gasteiger partial charge on any atom is 0.142 e. The van der Waals surface area contributed by atoms with Crippen molar-refractivity contribution in [2.75, 3.05) is 18.1 Å². The van der Waals surface area contributed by atoms with Crippen LogP contribution in [0.1, 0.15) is 24.9 Å². The summed E-state index contributed by atoms with van der Waals surface area (Å²) in [6.45, 7) is 3.79. The highest BCUT2D eigenvalue weighted by molar-refractivity contribution is 5.60. The minimum Gasteiger partial charge on any atom is -0.491 e. The summed E-state index contributed by atoms with van der Waals surface area (Å²) in [6.07, 6.45) is 1.00. The number of fused-ring (bicyclic) bond motifs is 1. The smallest absolute Gasteiger partial charge is 0.142 e. The largest absolute Gasteiger partial charge is 0.491 e. The van der Waals surface area contributed by atoms with Gasteiger partial charge in [-0.3, -0.25) is 0 Å². The number of nitrogens with two attached hydrogens (primary N) is 1. The molecule has 0 spiro atoms. The summed E-state index contributed by atoms with van der Waals surface area (Å²) >= 11 is 0. The van der Waals surface area contributed by atoms with Gasteiger partial charge in [-0.2, -0.15) is 0 Å². The first-order valence-electron chi connectivity index (χ1n) is 7.56. The van der Waals surface area contributed by atoms with Crippen LogP contribution in [0.2, 0.25) is 0 Å². The predicted molar refractivity (Wildman–Crippen MR) is 86.7 cm³/mol. The highest BCUT2D eigenvalue weighted by Crippen LogP contribution is 2.37. The fourth-order valence-corrected chi connectivity index (χ4v) is 3.06.